The fraction of sp³-hybridized carbons (Fsp3) is 0.636. The Labute approximate surface area is 89.1 Å². The summed E-state index contributed by atoms with van der Waals surface area (Å²) in [7, 11) is 0. The topological polar surface area (TPSA) is 57.8 Å². The van der Waals surface area contributed by atoms with Gasteiger partial charge in [-0.2, -0.15) is 0 Å². The summed E-state index contributed by atoms with van der Waals surface area (Å²) in [6, 6.07) is 0. The molecule has 82 valence electrons. The molecule has 0 atom stereocenters. The monoisotopic (exact) mass is 207 g/mol. The van der Waals surface area contributed by atoms with E-state index in [0.717, 1.165) is 36.6 Å². The molecular formula is C11H17N3O. The van der Waals surface area contributed by atoms with E-state index < -0.39 is 0 Å². The van der Waals surface area contributed by atoms with E-state index in [9.17, 15) is 4.79 Å². The van der Waals surface area contributed by atoms with Gasteiger partial charge in [0.25, 0.3) is 5.56 Å². The number of aromatic amines is 1. The van der Waals surface area contributed by atoms with Crippen molar-refractivity contribution in [2.45, 2.75) is 39.0 Å². The van der Waals surface area contributed by atoms with Crippen LogP contribution < -0.4 is 10.9 Å². The number of rotatable bonds is 0. The van der Waals surface area contributed by atoms with Crippen LogP contribution in [0.3, 0.4) is 0 Å². The molecule has 1 aliphatic rings. The van der Waals surface area contributed by atoms with Gasteiger partial charge in [-0.25, -0.2) is 4.98 Å². The lowest BCUT2D eigenvalue weighted by Gasteiger charge is -2.21. The normalized spacial score (nSPS) is 15.7. The third kappa shape index (κ3) is 1.89. The predicted molar refractivity (Wildman–Crippen MR) is 60.4 cm³/mol. The Morgan fingerprint density at radius 1 is 1.33 bits per heavy atom. The van der Waals surface area contributed by atoms with Gasteiger partial charge in [-0.05, 0) is 12.8 Å². The third-order valence-electron chi connectivity index (χ3n) is 2.62. The standard InChI is InChI=1S/C11H17N3O/c1-11(2,3)10-13-8-7(9(15)14-10)5-4-6-12-8/h4-6H2,1-3H3,(H2,12,13,14,15). The van der Waals surface area contributed by atoms with Crippen LogP contribution in [0.5, 0.6) is 0 Å². The van der Waals surface area contributed by atoms with Crippen molar-refractivity contribution in [1.82, 2.24) is 9.97 Å². The van der Waals surface area contributed by atoms with Crippen molar-refractivity contribution in [3.8, 4) is 0 Å². The molecule has 0 saturated carbocycles. The highest BCUT2D eigenvalue weighted by atomic mass is 16.1. The third-order valence-corrected chi connectivity index (χ3v) is 2.62. The van der Waals surface area contributed by atoms with Crippen LogP contribution in [0.1, 0.15) is 38.6 Å². The largest absolute Gasteiger partial charge is 0.370 e. The van der Waals surface area contributed by atoms with Gasteiger partial charge in [0.05, 0.1) is 5.56 Å². The van der Waals surface area contributed by atoms with E-state index in [1.807, 2.05) is 20.8 Å². The second-order valence-electron chi connectivity index (χ2n) is 5.02. The molecule has 4 nitrogen and oxygen atoms in total. The van der Waals surface area contributed by atoms with E-state index in [0.29, 0.717) is 0 Å². The Hall–Kier alpha value is -1.32. The maximum absolute atomic E-state index is 11.8. The fourth-order valence-electron chi connectivity index (χ4n) is 1.70. The Morgan fingerprint density at radius 3 is 2.73 bits per heavy atom. The first-order valence-electron chi connectivity index (χ1n) is 5.36. The second-order valence-corrected chi connectivity index (χ2v) is 5.02. The molecule has 1 aliphatic heterocycles. The van der Waals surface area contributed by atoms with Crippen LogP contribution in [-0.4, -0.2) is 16.5 Å². The van der Waals surface area contributed by atoms with Gasteiger partial charge in [0.1, 0.15) is 11.6 Å². The van der Waals surface area contributed by atoms with E-state index in [1.165, 1.54) is 0 Å². The van der Waals surface area contributed by atoms with Crippen LogP contribution in [0.4, 0.5) is 5.82 Å². The van der Waals surface area contributed by atoms with Crippen molar-refractivity contribution in [1.29, 1.82) is 0 Å². The first kappa shape index (κ1) is 10.2. The van der Waals surface area contributed by atoms with Crippen LogP contribution in [0.2, 0.25) is 0 Å². The zero-order valence-electron chi connectivity index (χ0n) is 9.48. The Bertz CT molecular complexity index is 428. The number of anilines is 1. The molecule has 0 spiro atoms. The summed E-state index contributed by atoms with van der Waals surface area (Å²) >= 11 is 0. The first-order valence-corrected chi connectivity index (χ1v) is 5.36. The van der Waals surface area contributed by atoms with Crippen molar-refractivity contribution in [2.24, 2.45) is 0 Å². The summed E-state index contributed by atoms with van der Waals surface area (Å²) in [6.07, 6.45) is 1.84. The molecule has 4 heteroatoms. The summed E-state index contributed by atoms with van der Waals surface area (Å²) in [4.78, 5) is 19.1. The second kappa shape index (κ2) is 3.36. The maximum atomic E-state index is 11.8. The molecule has 0 saturated heterocycles. The predicted octanol–water partition coefficient (Wildman–Crippen LogP) is 1.43. The van der Waals surface area contributed by atoms with Crippen molar-refractivity contribution >= 4 is 5.82 Å². The summed E-state index contributed by atoms with van der Waals surface area (Å²) < 4.78 is 0. The summed E-state index contributed by atoms with van der Waals surface area (Å²) in [6.45, 7) is 7.04. The minimum atomic E-state index is -0.118. The number of H-pyrrole nitrogens is 1. The highest BCUT2D eigenvalue weighted by Crippen LogP contribution is 2.21. The van der Waals surface area contributed by atoms with Gasteiger partial charge in [-0.1, -0.05) is 20.8 Å². The highest BCUT2D eigenvalue weighted by Gasteiger charge is 2.21. The van der Waals surface area contributed by atoms with E-state index in [1.54, 1.807) is 0 Å². The zero-order chi connectivity index (χ0) is 11.1. The average Bonchev–Trinajstić information content (AvgIpc) is 2.16. The van der Waals surface area contributed by atoms with Crippen LogP contribution >= 0.6 is 0 Å². The molecule has 2 heterocycles. The highest BCUT2D eigenvalue weighted by molar-refractivity contribution is 5.45. The molecule has 0 aliphatic carbocycles. The molecule has 0 radical (unpaired) electrons. The summed E-state index contributed by atoms with van der Waals surface area (Å²) in [5, 5.41) is 3.18. The van der Waals surface area contributed by atoms with Crippen LogP contribution in [0.15, 0.2) is 4.79 Å². The number of hydrogen-bond acceptors (Lipinski definition) is 3. The van der Waals surface area contributed by atoms with Gasteiger partial charge in [-0.3, -0.25) is 4.79 Å². The molecule has 0 amide bonds. The van der Waals surface area contributed by atoms with Gasteiger partial charge in [0, 0.05) is 12.0 Å². The summed E-state index contributed by atoms with van der Waals surface area (Å²) in [5.74, 6) is 1.52. The number of nitrogens with zero attached hydrogens (tertiary/aromatic N) is 1. The minimum absolute atomic E-state index is 0.0112. The van der Waals surface area contributed by atoms with Crippen molar-refractivity contribution in [3.05, 3.63) is 21.7 Å². The molecular weight excluding hydrogens is 190 g/mol. The van der Waals surface area contributed by atoms with E-state index in [2.05, 4.69) is 15.3 Å². The summed E-state index contributed by atoms with van der Waals surface area (Å²) in [5.41, 5.74) is 0.694. The van der Waals surface area contributed by atoms with E-state index in [4.69, 9.17) is 0 Å². The molecule has 0 unspecified atom stereocenters. The average molecular weight is 207 g/mol. The molecule has 2 rings (SSSR count). The fourth-order valence-corrected chi connectivity index (χ4v) is 1.70. The zero-order valence-corrected chi connectivity index (χ0v) is 9.48. The molecule has 15 heavy (non-hydrogen) atoms. The van der Waals surface area contributed by atoms with Crippen molar-refractivity contribution in [3.63, 3.8) is 0 Å². The van der Waals surface area contributed by atoms with E-state index >= 15 is 0 Å². The molecule has 1 aromatic heterocycles. The lowest BCUT2D eigenvalue weighted by molar-refractivity contribution is 0.540. The molecule has 0 fully saturated rings. The Morgan fingerprint density at radius 2 is 2.07 bits per heavy atom. The smallest absolute Gasteiger partial charge is 0.256 e. The number of hydrogen-bond donors (Lipinski definition) is 2. The maximum Gasteiger partial charge on any atom is 0.256 e. The minimum Gasteiger partial charge on any atom is -0.370 e. The van der Waals surface area contributed by atoms with E-state index in [-0.39, 0.29) is 11.0 Å². The first-order chi connectivity index (χ1) is 6.98. The number of aromatic nitrogens is 2. The SMILES string of the molecule is CC(C)(C)c1nc2c(c(=O)[nH]1)CCCN2. The van der Waals surface area contributed by atoms with Gasteiger partial charge >= 0.3 is 0 Å². The van der Waals surface area contributed by atoms with Crippen molar-refractivity contribution in [2.75, 3.05) is 11.9 Å². The van der Waals surface area contributed by atoms with Crippen molar-refractivity contribution < 1.29 is 0 Å². The quantitative estimate of drug-likeness (QED) is 0.676. The molecule has 0 bridgehead atoms. The van der Waals surface area contributed by atoms with Gasteiger partial charge in [-0.15, -0.1) is 0 Å². The lowest BCUT2D eigenvalue weighted by Crippen LogP contribution is -2.29. The van der Waals surface area contributed by atoms with Crippen LogP contribution in [0, 0.1) is 0 Å². The van der Waals surface area contributed by atoms with Gasteiger partial charge in [0.2, 0.25) is 0 Å². The molecule has 2 N–H and O–H groups in total. The Kier molecular flexibility index (Phi) is 2.29. The lowest BCUT2D eigenvalue weighted by atomic mass is 9.95. The van der Waals surface area contributed by atoms with Crippen LogP contribution in [-0.2, 0) is 11.8 Å². The number of nitrogens with one attached hydrogen (secondary N) is 2. The molecule has 0 aromatic carbocycles. The van der Waals surface area contributed by atoms with Crippen LogP contribution in [0.25, 0.3) is 0 Å². The number of fused-ring (bicyclic) bond motifs is 1. The van der Waals surface area contributed by atoms with Gasteiger partial charge in [0.15, 0.2) is 0 Å². The van der Waals surface area contributed by atoms with Gasteiger partial charge < -0.3 is 10.3 Å². The Balaban J connectivity index is 2.55. The molecule has 1 aromatic rings.